The molecule has 0 spiro atoms. The smallest absolute Gasteiger partial charge is 0.334 e. The average Bonchev–Trinajstić information content (AvgIpc) is 3.33. The Hall–Kier alpha value is -2.27. The summed E-state index contributed by atoms with van der Waals surface area (Å²) in [6.45, 7) is 10.4. The molecule has 5 heteroatoms. The second-order valence-corrected chi connectivity index (χ2v) is 9.60. The highest BCUT2D eigenvalue weighted by Crippen LogP contribution is 2.49. The van der Waals surface area contributed by atoms with Gasteiger partial charge in [0.05, 0.1) is 5.60 Å². The van der Waals surface area contributed by atoms with Gasteiger partial charge in [-0.05, 0) is 64.0 Å². The molecule has 0 saturated carbocycles. The van der Waals surface area contributed by atoms with Crippen LogP contribution in [-0.2, 0) is 20.7 Å². The molecule has 0 radical (unpaired) electrons. The Morgan fingerprint density at radius 1 is 1.22 bits per heavy atom. The van der Waals surface area contributed by atoms with Gasteiger partial charge in [0.25, 0.3) is 0 Å². The number of unbranched alkanes of at least 4 members (excludes halogenated alkanes) is 3. The number of rotatable bonds is 5. The maximum Gasteiger partial charge on any atom is 0.334 e. The molecule has 1 aliphatic carbocycles. The summed E-state index contributed by atoms with van der Waals surface area (Å²) in [7, 11) is 0. The first-order valence-corrected chi connectivity index (χ1v) is 12.0. The number of fused-ring (bicyclic) bond motifs is 3. The van der Waals surface area contributed by atoms with E-state index in [-0.39, 0.29) is 41.2 Å². The second-order valence-electron chi connectivity index (χ2n) is 9.60. The van der Waals surface area contributed by atoms with E-state index in [1.54, 1.807) is 12.1 Å². The predicted molar refractivity (Wildman–Crippen MR) is 126 cm³/mol. The lowest BCUT2D eigenvalue weighted by Gasteiger charge is -2.19. The molecule has 1 aromatic rings. The molecule has 0 bridgehead atoms. The topological polar surface area (TPSA) is 79.3 Å². The number of aromatic hydroxyl groups is 2. The molecule has 32 heavy (non-hydrogen) atoms. The zero-order valence-corrected chi connectivity index (χ0v) is 19.7. The van der Waals surface area contributed by atoms with Gasteiger partial charge in [-0.25, -0.2) is 4.79 Å². The largest absolute Gasteiger partial charge is 0.508 e. The van der Waals surface area contributed by atoms with Crippen LogP contribution in [0.1, 0.15) is 77.7 Å². The van der Waals surface area contributed by atoms with E-state index in [0.29, 0.717) is 5.57 Å². The first-order valence-electron chi connectivity index (χ1n) is 12.0. The second kappa shape index (κ2) is 10.6. The molecule has 4 unspecified atom stereocenters. The Labute approximate surface area is 192 Å². The highest BCUT2D eigenvalue weighted by Gasteiger charge is 2.61. The molecule has 0 amide bonds. The Balaban J connectivity index is 0.000000188. The minimum Gasteiger partial charge on any atom is -0.508 e. The van der Waals surface area contributed by atoms with Gasteiger partial charge in [-0.15, -0.1) is 0 Å². The van der Waals surface area contributed by atoms with Gasteiger partial charge in [-0.2, -0.15) is 0 Å². The van der Waals surface area contributed by atoms with Gasteiger partial charge in [0.15, 0.2) is 0 Å². The maximum absolute atomic E-state index is 11.7. The summed E-state index contributed by atoms with van der Waals surface area (Å²) in [5, 5.41) is 18.6. The van der Waals surface area contributed by atoms with Crippen molar-refractivity contribution in [3.05, 3.63) is 47.6 Å². The molecule has 2 N–H and O–H groups in total. The number of hydrogen-bond acceptors (Lipinski definition) is 5. The van der Waals surface area contributed by atoms with Crippen LogP contribution in [0.3, 0.4) is 0 Å². The van der Waals surface area contributed by atoms with Crippen molar-refractivity contribution in [1.29, 1.82) is 0 Å². The van der Waals surface area contributed by atoms with Gasteiger partial charge in [0, 0.05) is 17.6 Å². The normalized spacial score (nSPS) is 29.1. The van der Waals surface area contributed by atoms with Crippen LogP contribution < -0.4 is 0 Å². The first-order chi connectivity index (χ1) is 15.2. The van der Waals surface area contributed by atoms with Crippen LogP contribution in [0.4, 0.5) is 0 Å². The SMILES string of the molecule is C=C1C(=O)OC2C1CCC(C)=CCCC1(C)OC21.CCCCCCc1ccc(O)cc1O. The van der Waals surface area contributed by atoms with Crippen molar-refractivity contribution in [2.45, 2.75) is 96.4 Å². The van der Waals surface area contributed by atoms with Crippen molar-refractivity contribution < 1.29 is 24.5 Å². The molecule has 4 atom stereocenters. The third kappa shape index (κ3) is 5.94. The van der Waals surface area contributed by atoms with Crippen LogP contribution >= 0.6 is 0 Å². The highest BCUT2D eigenvalue weighted by molar-refractivity contribution is 5.91. The monoisotopic (exact) mass is 442 g/mol. The maximum atomic E-state index is 11.7. The van der Waals surface area contributed by atoms with E-state index in [4.69, 9.17) is 14.6 Å². The van der Waals surface area contributed by atoms with Gasteiger partial charge in [-0.1, -0.05) is 50.5 Å². The van der Waals surface area contributed by atoms with Crippen molar-refractivity contribution in [2.75, 3.05) is 0 Å². The molecular formula is C27H38O5. The van der Waals surface area contributed by atoms with Crippen LogP contribution in [0.5, 0.6) is 11.5 Å². The standard InChI is InChI=1S/C15H20O3.C12H18O2/c1-9-5-4-8-15(3)13(18-15)12-11(7-6-9)10(2)14(16)17-12;1-2-3-4-5-6-10-7-8-11(13)9-12(10)14/h5,11-13H,2,4,6-8H2,1,3H3;7-9,13-14H,2-6H2,1H3. The fourth-order valence-corrected chi connectivity index (χ4v) is 4.71. The van der Waals surface area contributed by atoms with Crippen LogP contribution in [0.25, 0.3) is 0 Å². The summed E-state index contributed by atoms with van der Waals surface area (Å²) in [6.07, 6.45) is 11.9. The molecule has 5 nitrogen and oxygen atoms in total. The number of hydrogen-bond donors (Lipinski definition) is 2. The first kappa shape index (κ1) is 24.4. The number of carbonyl (C=O) groups excluding carboxylic acids is 1. The van der Waals surface area contributed by atoms with Gasteiger partial charge in [0.1, 0.15) is 23.7 Å². The predicted octanol–water partition coefficient (Wildman–Crippen LogP) is 5.98. The molecule has 2 heterocycles. The third-order valence-corrected chi connectivity index (χ3v) is 6.94. The van der Waals surface area contributed by atoms with Gasteiger partial charge in [-0.3, -0.25) is 0 Å². The van der Waals surface area contributed by atoms with E-state index < -0.39 is 0 Å². The van der Waals surface area contributed by atoms with Crippen molar-refractivity contribution >= 4 is 5.97 Å². The summed E-state index contributed by atoms with van der Waals surface area (Å²) in [6, 6.07) is 4.81. The number of benzene rings is 1. The number of carbonyl (C=O) groups is 1. The number of ether oxygens (including phenoxy) is 2. The van der Waals surface area contributed by atoms with Crippen LogP contribution in [0, 0.1) is 5.92 Å². The fraction of sp³-hybridized carbons (Fsp3) is 0.593. The summed E-state index contributed by atoms with van der Waals surface area (Å²) < 4.78 is 11.3. The van der Waals surface area contributed by atoms with Gasteiger partial charge < -0.3 is 19.7 Å². The van der Waals surface area contributed by atoms with Crippen LogP contribution in [0.2, 0.25) is 0 Å². The molecule has 0 aromatic heterocycles. The highest BCUT2D eigenvalue weighted by atomic mass is 16.6. The lowest BCUT2D eigenvalue weighted by molar-refractivity contribution is -0.140. The molecule has 2 saturated heterocycles. The zero-order valence-electron chi connectivity index (χ0n) is 19.7. The number of epoxide rings is 1. The van der Waals surface area contributed by atoms with Gasteiger partial charge in [0.2, 0.25) is 0 Å². The number of allylic oxidation sites excluding steroid dienone is 2. The van der Waals surface area contributed by atoms with E-state index in [0.717, 1.165) is 44.1 Å². The van der Waals surface area contributed by atoms with E-state index in [9.17, 15) is 9.90 Å². The lowest BCUT2D eigenvalue weighted by atomic mass is 9.84. The molecular weight excluding hydrogens is 404 g/mol. The molecule has 2 fully saturated rings. The molecule has 4 rings (SSSR count). The lowest BCUT2D eigenvalue weighted by Crippen LogP contribution is -2.28. The Kier molecular flexibility index (Phi) is 8.05. The van der Waals surface area contributed by atoms with E-state index in [1.165, 1.54) is 30.9 Å². The number of phenols is 2. The van der Waals surface area contributed by atoms with Crippen molar-refractivity contribution in [2.24, 2.45) is 5.92 Å². The quantitative estimate of drug-likeness (QED) is 0.193. The number of esters is 1. The molecule has 1 aromatic carbocycles. The Bertz CT molecular complexity index is 858. The zero-order chi connectivity index (χ0) is 23.3. The molecule has 2 aliphatic heterocycles. The van der Waals surface area contributed by atoms with E-state index in [1.807, 2.05) is 0 Å². The summed E-state index contributed by atoms with van der Waals surface area (Å²) in [5.41, 5.74) is 2.84. The van der Waals surface area contributed by atoms with Crippen molar-refractivity contribution in [3.63, 3.8) is 0 Å². The third-order valence-electron chi connectivity index (χ3n) is 6.94. The number of phenolic OH excluding ortho intramolecular Hbond substituents is 2. The Morgan fingerprint density at radius 2 is 2.00 bits per heavy atom. The van der Waals surface area contributed by atoms with E-state index >= 15 is 0 Å². The number of aryl methyl sites for hydroxylation is 1. The minimum atomic E-state index is -0.233. The van der Waals surface area contributed by atoms with E-state index in [2.05, 4.69) is 33.4 Å². The summed E-state index contributed by atoms with van der Waals surface area (Å²) >= 11 is 0. The summed E-state index contributed by atoms with van der Waals surface area (Å²) in [5.74, 6) is 0.232. The van der Waals surface area contributed by atoms with Crippen LogP contribution in [-0.4, -0.2) is 34.0 Å². The molecule has 3 aliphatic rings. The fourth-order valence-electron chi connectivity index (χ4n) is 4.71. The minimum absolute atomic E-state index is 0.0671. The van der Waals surface area contributed by atoms with Crippen LogP contribution in [0.15, 0.2) is 42.0 Å². The molecule has 176 valence electrons. The van der Waals surface area contributed by atoms with Gasteiger partial charge >= 0.3 is 5.97 Å². The van der Waals surface area contributed by atoms with Crippen molar-refractivity contribution in [3.8, 4) is 11.5 Å². The average molecular weight is 443 g/mol. The van der Waals surface area contributed by atoms with Crippen molar-refractivity contribution in [1.82, 2.24) is 0 Å². The Morgan fingerprint density at radius 3 is 2.72 bits per heavy atom. The summed E-state index contributed by atoms with van der Waals surface area (Å²) in [4.78, 5) is 11.7.